The molecule has 132 valence electrons. The Bertz CT molecular complexity index is 887. The van der Waals surface area contributed by atoms with Crippen LogP contribution in [0.4, 0.5) is 0 Å². The summed E-state index contributed by atoms with van der Waals surface area (Å²) in [5.74, 6) is 0.0380. The maximum atomic E-state index is 11.4. The smallest absolute Gasteiger partial charge is 0.211 e. The summed E-state index contributed by atoms with van der Waals surface area (Å²) in [5.41, 5.74) is 2.59. The Hall–Kier alpha value is -3.21. The lowest BCUT2D eigenvalue weighted by molar-refractivity contribution is -0.483. The van der Waals surface area contributed by atoms with E-state index < -0.39 is 5.92 Å². The normalized spacial score (nSPS) is 13.1. The highest BCUT2D eigenvalue weighted by Gasteiger charge is 2.34. The van der Waals surface area contributed by atoms with Crippen LogP contribution in [0.25, 0.3) is 0 Å². The first-order valence-electron chi connectivity index (χ1n) is 8.37. The zero-order chi connectivity index (χ0) is 18.5. The van der Waals surface area contributed by atoms with Crippen molar-refractivity contribution in [2.24, 2.45) is 0 Å². The first-order valence-corrected chi connectivity index (χ1v) is 8.37. The molecular formula is C21H19NO4. The van der Waals surface area contributed by atoms with E-state index in [4.69, 9.17) is 4.42 Å². The van der Waals surface area contributed by atoms with E-state index in [-0.39, 0.29) is 23.1 Å². The number of nitrogens with zero attached hydrogens (tertiary/aromatic N) is 1. The van der Waals surface area contributed by atoms with Gasteiger partial charge in [0.2, 0.25) is 6.54 Å². The van der Waals surface area contributed by atoms with Crippen molar-refractivity contribution in [3.63, 3.8) is 0 Å². The number of benzene rings is 2. The lowest BCUT2D eigenvalue weighted by Gasteiger charge is -2.24. The second-order valence-electron chi connectivity index (χ2n) is 6.23. The van der Waals surface area contributed by atoms with E-state index in [0.717, 1.165) is 16.7 Å². The molecule has 0 aliphatic rings. The number of aldehydes is 1. The lowest BCUT2D eigenvalue weighted by Crippen LogP contribution is -2.21. The summed E-state index contributed by atoms with van der Waals surface area (Å²) >= 11 is 0. The minimum atomic E-state index is -0.419. The molecule has 0 aliphatic carbocycles. The fourth-order valence-electron chi connectivity index (χ4n) is 3.38. The third-order valence-electron chi connectivity index (χ3n) is 4.51. The van der Waals surface area contributed by atoms with E-state index >= 15 is 0 Å². The van der Waals surface area contributed by atoms with Crippen LogP contribution in [0.3, 0.4) is 0 Å². The van der Waals surface area contributed by atoms with Crippen LogP contribution < -0.4 is 0 Å². The summed E-state index contributed by atoms with van der Waals surface area (Å²) in [4.78, 5) is 22.3. The highest BCUT2D eigenvalue weighted by Crippen LogP contribution is 2.40. The van der Waals surface area contributed by atoms with Crippen LogP contribution in [0.5, 0.6) is 0 Å². The van der Waals surface area contributed by atoms with Crippen molar-refractivity contribution in [3.05, 3.63) is 105 Å². The van der Waals surface area contributed by atoms with E-state index in [1.807, 2.05) is 67.6 Å². The number of nitro groups is 1. The van der Waals surface area contributed by atoms with Crippen LogP contribution in [-0.2, 0) is 0 Å². The summed E-state index contributed by atoms with van der Waals surface area (Å²) in [6.45, 7) is 1.62. The Balaban J connectivity index is 2.18. The SMILES string of the molecule is Cc1cc(C=O)oc1C(c1ccccc1)C(C[N+](=O)[O-])c1ccccc1. The molecule has 0 aliphatic heterocycles. The maximum Gasteiger partial charge on any atom is 0.211 e. The van der Waals surface area contributed by atoms with Crippen LogP contribution in [0.2, 0.25) is 0 Å². The van der Waals surface area contributed by atoms with Gasteiger partial charge in [0, 0.05) is 4.92 Å². The van der Waals surface area contributed by atoms with Crippen molar-refractivity contribution in [1.29, 1.82) is 0 Å². The molecule has 5 nitrogen and oxygen atoms in total. The van der Waals surface area contributed by atoms with Crippen molar-refractivity contribution in [3.8, 4) is 0 Å². The monoisotopic (exact) mass is 349 g/mol. The summed E-state index contributed by atoms with van der Waals surface area (Å²) in [7, 11) is 0. The third-order valence-corrected chi connectivity index (χ3v) is 4.51. The maximum absolute atomic E-state index is 11.4. The second-order valence-corrected chi connectivity index (χ2v) is 6.23. The number of carbonyl (C=O) groups is 1. The molecule has 2 atom stereocenters. The molecule has 0 amide bonds. The van der Waals surface area contributed by atoms with Crippen molar-refractivity contribution in [1.82, 2.24) is 0 Å². The number of furan rings is 1. The lowest BCUT2D eigenvalue weighted by atomic mass is 9.79. The minimum Gasteiger partial charge on any atom is -0.457 e. The topological polar surface area (TPSA) is 73.3 Å². The Morgan fingerprint density at radius 2 is 1.62 bits per heavy atom. The zero-order valence-corrected chi connectivity index (χ0v) is 14.4. The van der Waals surface area contributed by atoms with Gasteiger partial charge in [-0.05, 0) is 29.7 Å². The highest BCUT2D eigenvalue weighted by molar-refractivity contribution is 5.71. The van der Waals surface area contributed by atoms with E-state index in [2.05, 4.69) is 0 Å². The van der Waals surface area contributed by atoms with Gasteiger partial charge in [-0.25, -0.2) is 0 Å². The molecule has 1 heterocycles. The molecule has 2 aromatic carbocycles. The standard InChI is InChI=1S/C21H19NO4/c1-15-12-18(14-23)26-21(15)20(17-10-6-3-7-11-17)19(13-22(24)25)16-8-4-2-5-9-16/h2-12,14,19-20H,13H2,1H3. The fourth-order valence-corrected chi connectivity index (χ4v) is 3.38. The van der Waals surface area contributed by atoms with Crippen molar-refractivity contribution >= 4 is 6.29 Å². The van der Waals surface area contributed by atoms with E-state index in [9.17, 15) is 14.9 Å². The van der Waals surface area contributed by atoms with Gasteiger partial charge in [-0.15, -0.1) is 0 Å². The number of hydrogen-bond donors (Lipinski definition) is 0. The first kappa shape index (κ1) is 17.6. The second kappa shape index (κ2) is 7.78. The van der Waals surface area contributed by atoms with E-state index in [1.54, 1.807) is 6.07 Å². The number of rotatable bonds is 7. The van der Waals surface area contributed by atoms with E-state index in [1.165, 1.54) is 0 Å². The summed E-state index contributed by atoms with van der Waals surface area (Å²) in [5, 5.41) is 11.4. The van der Waals surface area contributed by atoms with Crippen LogP contribution >= 0.6 is 0 Å². The quantitative estimate of drug-likeness (QED) is 0.355. The predicted octanol–water partition coefficient (Wildman–Crippen LogP) is 4.59. The molecule has 3 aromatic rings. The number of aryl methyl sites for hydroxylation is 1. The molecule has 0 fully saturated rings. The molecule has 0 spiro atoms. The predicted molar refractivity (Wildman–Crippen MR) is 98.2 cm³/mol. The molecule has 5 heteroatoms. The third kappa shape index (κ3) is 3.72. The molecule has 26 heavy (non-hydrogen) atoms. The van der Waals surface area contributed by atoms with E-state index in [0.29, 0.717) is 12.0 Å². The van der Waals surface area contributed by atoms with Crippen molar-refractivity contribution in [2.45, 2.75) is 18.8 Å². The molecule has 1 aromatic heterocycles. The average Bonchev–Trinajstić information content (AvgIpc) is 3.03. The highest BCUT2D eigenvalue weighted by atomic mass is 16.6. The number of carbonyl (C=O) groups excluding carboxylic acids is 1. The Morgan fingerprint density at radius 1 is 1.04 bits per heavy atom. The van der Waals surface area contributed by atoms with Gasteiger partial charge in [-0.1, -0.05) is 60.7 Å². The van der Waals surface area contributed by atoms with Gasteiger partial charge in [0.25, 0.3) is 0 Å². The van der Waals surface area contributed by atoms with Crippen molar-refractivity contribution in [2.75, 3.05) is 6.54 Å². The first-order chi connectivity index (χ1) is 12.6. The minimum absolute atomic E-state index is 0.228. The van der Waals surface area contributed by atoms with Crippen LogP contribution in [0.1, 0.15) is 44.8 Å². The Labute approximate surface area is 151 Å². The summed E-state index contributed by atoms with van der Waals surface area (Å²) < 4.78 is 5.77. The molecule has 0 radical (unpaired) electrons. The van der Waals surface area contributed by atoms with Crippen LogP contribution in [0.15, 0.2) is 71.1 Å². The summed E-state index contributed by atoms with van der Waals surface area (Å²) in [6, 6.07) is 20.6. The molecule has 0 N–H and O–H groups in total. The zero-order valence-electron chi connectivity index (χ0n) is 14.4. The Morgan fingerprint density at radius 3 is 2.12 bits per heavy atom. The summed E-state index contributed by atoms with van der Waals surface area (Å²) in [6.07, 6.45) is 0.656. The van der Waals surface area contributed by atoms with Gasteiger partial charge in [-0.2, -0.15) is 0 Å². The van der Waals surface area contributed by atoms with Gasteiger partial charge >= 0.3 is 0 Å². The van der Waals surface area contributed by atoms with Gasteiger partial charge < -0.3 is 4.42 Å². The Kier molecular flexibility index (Phi) is 5.27. The molecule has 2 unspecified atom stereocenters. The molecule has 0 saturated heterocycles. The number of hydrogen-bond acceptors (Lipinski definition) is 4. The van der Waals surface area contributed by atoms with Gasteiger partial charge in [0.15, 0.2) is 12.0 Å². The van der Waals surface area contributed by atoms with Crippen LogP contribution in [-0.4, -0.2) is 17.8 Å². The van der Waals surface area contributed by atoms with Gasteiger partial charge in [0.1, 0.15) is 5.76 Å². The van der Waals surface area contributed by atoms with Gasteiger partial charge in [0.05, 0.1) is 11.8 Å². The fraction of sp³-hybridized carbons (Fsp3) is 0.190. The molecular weight excluding hydrogens is 330 g/mol. The molecule has 0 bridgehead atoms. The van der Waals surface area contributed by atoms with Crippen LogP contribution in [0, 0.1) is 17.0 Å². The largest absolute Gasteiger partial charge is 0.457 e. The molecule has 3 rings (SSSR count). The van der Waals surface area contributed by atoms with Crippen molar-refractivity contribution < 1.29 is 14.1 Å². The average molecular weight is 349 g/mol. The van der Waals surface area contributed by atoms with Gasteiger partial charge in [-0.3, -0.25) is 14.9 Å². The molecule has 0 saturated carbocycles.